The van der Waals surface area contributed by atoms with Crippen LogP contribution in [-0.4, -0.2) is 60.4 Å². The fraction of sp³-hybridized carbons (Fsp3) is 0.158. The maximum absolute atomic E-state index is 5.83. The lowest BCUT2D eigenvalue weighted by atomic mass is 10.5. The minimum Gasteiger partial charge on any atom is -0.474 e. The maximum Gasteiger partial charge on any atom is 0.255 e. The third kappa shape index (κ3) is 5.60. The highest BCUT2D eigenvalue weighted by Gasteiger charge is 2.15. The summed E-state index contributed by atoms with van der Waals surface area (Å²) in [6, 6.07) is 3.56. The summed E-state index contributed by atoms with van der Waals surface area (Å²) in [4.78, 5) is 20.7. The predicted octanol–water partition coefficient (Wildman–Crippen LogP) is 2.38. The molecule has 0 atom stereocenters. The molecule has 35 heavy (non-hydrogen) atoms. The van der Waals surface area contributed by atoms with Gasteiger partial charge in [0.2, 0.25) is 5.88 Å². The monoisotopic (exact) mass is 603 g/mol. The average Bonchev–Trinajstić information content (AvgIpc) is 3.62. The quantitative estimate of drug-likeness (QED) is 0.301. The molecular weight excluding hydrogens is 586 g/mol. The number of nitrogens with zero attached hydrogens (tertiary/aromatic N) is 11. The molecule has 4 N–H and O–H groups in total. The molecule has 0 saturated carbocycles. The second-order valence-electron chi connectivity index (χ2n) is 6.98. The predicted molar refractivity (Wildman–Crippen MR) is 133 cm³/mol. The molecule has 180 valence electrons. The molecule has 0 fully saturated rings. The van der Waals surface area contributed by atoms with Crippen molar-refractivity contribution in [2.75, 3.05) is 11.5 Å². The van der Waals surface area contributed by atoms with Crippen molar-refractivity contribution in [3.63, 3.8) is 0 Å². The minimum atomic E-state index is 0.00562. The van der Waals surface area contributed by atoms with Crippen LogP contribution in [0.15, 0.2) is 58.5 Å². The van der Waals surface area contributed by atoms with Gasteiger partial charge in [-0.2, -0.15) is 35.2 Å². The third-order valence-corrected chi connectivity index (χ3v) is 5.59. The Labute approximate surface area is 215 Å². The van der Waals surface area contributed by atoms with E-state index in [0.717, 1.165) is 0 Å². The number of halogens is 2. The number of aromatic nitrogens is 11. The van der Waals surface area contributed by atoms with E-state index in [1.807, 2.05) is 13.8 Å². The molecule has 5 aromatic rings. The van der Waals surface area contributed by atoms with Gasteiger partial charge in [-0.25, -0.2) is 19.0 Å². The second-order valence-corrected chi connectivity index (χ2v) is 8.57. The molecule has 0 spiro atoms. The minimum absolute atomic E-state index is 0.00562. The molecule has 0 aliphatic heterocycles. The summed E-state index contributed by atoms with van der Waals surface area (Å²) in [6.07, 6.45) is 9.69. The van der Waals surface area contributed by atoms with Crippen LogP contribution in [0.1, 0.15) is 13.8 Å². The first kappa shape index (κ1) is 24.2. The van der Waals surface area contributed by atoms with E-state index >= 15 is 0 Å². The highest BCUT2D eigenvalue weighted by atomic mass is 79.9. The van der Waals surface area contributed by atoms with Crippen LogP contribution >= 0.6 is 31.9 Å². The zero-order valence-electron chi connectivity index (χ0n) is 18.4. The Kier molecular flexibility index (Phi) is 7.31. The molecule has 0 unspecified atom stereocenters. The summed E-state index contributed by atoms with van der Waals surface area (Å²) in [7, 11) is 0. The Morgan fingerprint density at radius 2 is 1.40 bits per heavy atom. The van der Waals surface area contributed by atoms with E-state index in [1.165, 1.54) is 26.7 Å². The van der Waals surface area contributed by atoms with E-state index < -0.39 is 0 Å². The first-order valence-corrected chi connectivity index (χ1v) is 11.6. The normalized spacial score (nSPS) is 10.8. The molecule has 0 amide bonds. The van der Waals surface area contributed by atoms with E-state index in [4.69, 9.17) is 16.2 Å². The van der Waals surface area contributed by atoms with Crippen LogP contribution in [0.4, 0.5) is 11.6 Å². The van der Waals surface area contributed by atoms with Crippen LogP contribution < -0.4 is 16.2 Å². The van der Waals surface area contributed by atoms with E-state index in [9.17, 15) is 0 Å². The number of hydrogen-bond donors (Lipinski definition) is 2. The van der Waals surface area contributed by atoms with Crippen LogP contribution in [0.5, 0.6) is 5.88 Å². The lowest BCUT2D eigenvalue weighted by molar-refractivity contribution is 0.230. The van der Waals surface area contributed by atoms with Crippen LogP contribution in [-0.2, 0) is 0 Å². The van der Waals surface area contributed by atoms with Gasteiger partial charge in [-0.3, -0.25) is 0 Å². The van der Waals surface area contributed by atoms with Gasteiger partial charge >= 0.3 is 0 Å². The first-order chi connectivity index (χ1) is 16.8. The van der Waals surface area contributed by atoms with E-state index in [2.05, 4.69) is 72.1 Å². The van der Waals surface area contributed by atoms with Crippen molar-refractivity contribution in [3.05, 3.63) is 58.5 Å². The molecular formula is C19H19Br2N13O. The highest BCUT2D eigenvalue weighted by molar-refractivity contribution is 9.11. The smallest absolute Gasteiger partial charge is 0.255 e. The van der Waals surface area contributed by atoms with Gasteiger partial charge < -0.3 is 16.2 Å². The fourth-order valence-electron chi connectivity index (χ4n) is 2.62. The summed E-state index contributed by atoms with van der Waals surface area (Å²) >= 11 is 6.63. The van der Waals surface area contributed by atoms with Crippen molar-refractivity contribution < 1.29 is 4.74 Å². The van der Waals surface area contributed by atoms with Gasteiger partial charge in [0, 0.05) is 24.8 Å². The van der Waals surface area contributed by atoms with E-state index in [1.54, 1.807) is 36.9 Å². The van der Waals surface area contributed by atoms with Crippen molar-refractivity contribution in [3.8, 4) is 23.6 Å². The molecule has 0 aromatic carbocycles. The summed E-state index contributed by atoms with van der Waals surface area (Å²) in [5.74, 6) is 2.29. The molecule has 0 aliphatic carbocycles. The van der Waals surface area contributed by atoms with Gasteiger partial charge in [0.15, 0.2) is 5.82 Å². The van der Waals surface area contributed by atoms with Crippen LogP contribution in [0.3, 0.4) is 0 Å². The zero-order valence-corrected chi connectivity index (χ0v) is 21.6. The van der Waals surface area contributed by atoms with Crippen molar-refractivity contribution >= 4 is 43.5 Å². The molecule has 0 bridgehead atoms. The third-order valence-electron chi connectivity index (χ3n) is 4.08. The van der Waals surface area contributed by atoms with Crippen molar-refractivity contribution in [1.82, 2.24) is 54.3 Å². The lowest BCUT2D eigenvalue weighted by Gasteiger charge is -2.12. The number of ether oxygens (including phenoxy) is 1. The molecule has 5 rings (SSSR count). The lowest BCUT2D eigenvalue weighted by Crippen LogP contribution is -2.12. The highest BCUT2D eigenvalue weighted by Crippen LogP contribution is 2.29. The Bertz CT molecular complexity index is 1390. The zero-order chi connectivity index (χ0) is 24.9. The van der Waals surface area contributed by atoms with Gasteiger partial charge in [-0.05, 0) is 57.8 Å². The Balaban J connectivity index is 0.000000165. The Morgan fingerprint density at radius 1 is 0.800 bits per heavy atom. The van der Waals surface area contributed by atoms with Crippen molar-refractivity contribution in [2.45, 2.75) is 20.0 Å². The first-order valence-electron chi connectivity index (χ1n) is 10.0. The SMILES string of the molecule is CC(C)Oc1nc(-n2cccn2)nc(N)c1Br.Nc1nc(-n2cccn2)nc(-n2cncn2)c1Br. The number of nitrogen functional groups attached to an aromatic ring is 2. The van der Waals surface area contributed by atoms with E-state index in [-0.39, 0.29) is 6.10 Å². The number of hydrogen-bond acceptors (Lipinski definition) is 11. The van der Waals surface area contributed by atoms with Gasteiger partial charge in [0.1, 0.15) is 33.2 Å². The second kappa shape index (κ2) is 10.6. The molecule has 5 aromatic heterocycles. The van der Waals surface area contributed by atoms with Crippen molar-refractivity contribution in [2.24, 2.45) is 0 Å². The number of rotatable bonds is 5. The summed E-state index contributed by atoms with van der Waals surface area (Å²) in [6.45, 7) is 3.83. The number of anilines is 2. The molecule has 0 radical (unpaired) electrons. The Hall–Kier alpha value is -3.92. The van der Waals surface area contributed by atoms with Gasteiger partial charge in [0.05, 0.1) is 6.10 Å². The van der Waals surface area contributed by atoms with E-state index in [0.29, 0.717) is 44.2 Å². The molecule has 0 aliphatic rings. The summed E-state index contributed by atoms with van der Waals surface area (Å²) < 4.78 is 11.2. The molecule has 14 nitrogen and oxygen atoms in total. The summed E-state index contributed by atoms with van der Waals surface area (Å²) in [5.41, 5.74) is 11.6. The summed E-state index contributed by atoms with van der Waals surface area (Å²) in [5, 5.41) is 12.1. The maximum atomic E-state index is 5.83. The largest absolute Gasteiger partial charge is 0.474 e. The average molecular weight is 605 g/mol. The van der Waals surface area contributed by atoms with Gasteiger partial charge in [-0.1, -0.05) is 0 Å². The van der Waals surface area contributed by atoms with Crippen LogP contribution in [0, 0.1) is 0 Å². The van der Waals surface area contributed by atoms with Gasteiger partial charge in [0.25, 0.3) is 11.9 Å². The molecule has 5 heterocycles. The topological polar surface area (TPSA) is 179 Å². The molecule has 16 heteroatoms. The standard InChI is InChI=1S/C10H12BrN5O.C9H7BrN8/c1-6(2)17-9-7(11)8(12)14-10(15-9)16-5-3-4-13-16;10-6-7(11)15-9(17-3-1-2-13-17)16-8(6)18-5-12-4-14-18/h3-6H,1-2H3,(H2,12,14,15);1-5H,(H2,11,15,16). The van der Waals surface area contributed by atoms with Crippen LogP contribution in [0.25, 0.3) is 17.7 Å². The Morgan fingerprint density at radius 3 is 1.91 bits per heavy atom. The fourth-order valence-corrected chi connectivity index (χ4v) is 3.25. The molecule has 0 saturated heterocycles. The van der Waals surface area contributed by atoms with Crippen molar-refractivity contribution in [1.29, 1.82) is 0 Å². The van der Waals surface area contributed by atoms with Gasteiger partial charge in [-0.15, -0.1) is 0 Å². The van der Waals surface area contributed by atoms with Crippen LogP contribution in [0.2, 0.25) is 0 Å². The number of nitrogens with two attached hydrogens (primary N) is 2.